The van der Waals surface area contributed by atoms with E-state index >= 15 is 0 Å². The van der Waals surface area contributed by atoms with Crippen LogP contribution in [0.2, 0.25) is 0 Å². The lowest BCUT2D eigenvalue weighted by Gasteiger charge is -2.22. The van der Waals surface area contributed by atoms with Crippen LogP contribution in [0.25, 0.3) is 0 Å². The summed E-state index contributed by atoms with van der Waals surface area (Å²) >= 11 is 0. The fourth-order valence-electron chi connectivity index (χ4n) is 3.02. The molecule has 6 heteroatoms. The Hall–Kier alpha value is -2.34. The zero-order valence-electron chi connectivity index (χ0n) is 17.6. The van der Waals surface area contributed by atoms with Crippen molar-refractivity contribution in [3.05, 3.63) is 35.5 Å². The van der Waals surface area contributed by atoms with Gasteiger partial charge in [0.25, 0.3) is 0 Å². The molecule has 0 unspecified atom stereocenters. The summed E-state index contributed by atoms with van der Waals surface area (Å²) in [5.41, 5.74) is 4.41. The largest absolute Gasteiger partial charge is 0.372 e. The van der Waals surface area contributed by atoms with E-state index in [1.165, 1.54) is 11.3 Å². The Balaban J connectivity index is 2.08. The molecule has 0 radical (unpaired) electrons. The Morgan fingerprint density at radius 1 is 1.00 bits per heavy atom. The van der Waals surface area contributed by atoms with Gasteiger partial charge in [0.05, 0.1) is 0 Å². The summed E-state index contributed by atoms with van der Waals surface area (Å²) in [5.74, 6) is 1.49. The lowest BCUT2D eigenvalue weighted by Crippen LogP contribution is -2.21. The minimum Gasteiger partial charge on any atom is -0.372 e. The van der Waals surface area contributed by atoms with E-state index in [1.807, 2.05) is 13.0 Å². The fraction of sp³-hybridized carbons (Fsp3) is 0.524. The Labute approximate surface area is 164 Å². The molecule has 0 aliphatic rings. The molecule has 2 rings (SSSR count). The van der Waals surface area contributed by atoms with Gasteiger partial charge in [-0.3, -0.25) is 0 Å². The molecule has 2 aromatic rings. The molecule has 0 bridgehead atoms. The van der Waals surface area contributed by atoms with Crippen LogP contribution in [0.4, 0.5) is 23.1 Å². The summed E-state index contributed by atoms with van der Waals surface area (Å²) in [6.45, 7) is 12.4. The van der Waals surface area contributed by atoms with Crippen molar-refractivity contribution in [2.45, 2.75) is 34.1 Å². The molecule has 0 spiro atoms. The Morgan fingerprint density at radius 2 is 1.74 bits per heavy atom. The molecule has 148 valence electrons. The van der Waals surface area contributed by atoms with Gasteiger partial charge in [-0.05, 0) is 78.5 Å². The van der Waals surface area contributed by atoms with Gasteiger partial charge < -0.3 is 20.4 Å². The number of hydrogen-bond donors (Lipinski definition) is 2. The lowest BCUT2D eigenvalue weighted by molar-refractivity contribution is 0.405. The fourth-order valence-corrected chi connectivity index (χ4v) is 3.02. The molecule has 0 atom stereocenters. The first-order valence-corrected chi connectivity index (χ1v) is 9.79. The molecule has 0 fully saturated rings. The Bertz CT molecular complexity index is 725. The van der Waals surface area contributed by atoms with Gasteiger partial charge in [0.1, 0.15) is 5.82 Å². The number of benzene rings is 1. The first-order valence-electron chi connectivity index (χ1n) is 9.79. The molecule has 0 saturated carbocycles. The molecule has 27 heavy (non-hydrogen) atoms. The standard InChI is InChI=1S/C21H34N6/c1-7-27(8-2)18-10-11-19(16(3)14-18)24-21-23-17(4)15-20(25-21)22-12-9-13-26(5)6/h10-11,14-15H,7-9,12-13H2,1-6H3,(H2,22,23,24,25). The molecule has 1 heterocycles. The van der Waals surface area contributed by atoms with E-state index in [4.69, 9.17) is 0 Å². The smallest absolute Gasteiger partial charge is 0.229 e. The molecule has 0 amide bonds. The monoisotopic (exact) mass is 370 g/mol. The summed E-state index contributed by atoms with van der Waals surface area (Å²) in [4.78, 5) is 13.7. The van der Waals surface area contributed by atoms with Crippen molar-refractivity contribution >= 4 is 23.1 Å². The molecular formula is C21H34N6. The van der Waals surface area contributed by atoms with Crippen LogP contribution in [-0.4, -0.2) is 55.1 Å². The van der Waals surface area contributed by atoms with Crippen LogP contribution >= 0.6 is 0 Å². The van der Waals surface area contributed by atoms with Crippen LogP contribution in [0.15, 0.2) is 24.3 Å². The van der Waals surface area contributed by atoms with Gasteiger partial charge in [0.15, 0.2) is 0 Å². The highest BCUT2D eigenvalue weighted by atomic mass is 15.2. The maximum atomic E-state index is 4.62. The highest BCUT2D eigenvalue weighted by Gasteiger charge is 2.08. The first kappa shape index (κ1) is 21.0. The number of nitrogens with one attached hydrogen (secondary N) is 2. The maximum Gasteiger partial charge on any atom is 0.229 e. The lowest BCUT2D eigenvalue weighted by atomic mass is 10.1. The van der Waals surface area contributed by atoms with Gasteiger partial charge >= 0.3 is 0 Å². The third-order valence-electron chi connectivity index (χ3n) is 4.53. The minimum absolute atomic E-state index is 0.629. The Morgan fingerprint density at radius 3 is 2.37 bits per heavy atom. The van der Waals surface area contributed by atoms with E-state index in [0.29, 0.717) is 5.95 Å². The number of anilines is 4. The number of hydrogen-bond acceptors (Lipinski definition) is 6. The van der Waals surface area contributed by atoms with E-state index in [2.05, 4.69) is 83.5 Å². The predicted octanol–water partition coefficient (Wildman–Crippen LogP) is 4.05. The van der Waals surface area contributed by atoms with Crippen molar-refractivity contribution in [1.82, 2.24) is 14.9 Å². The topological polar surface area (TPSA) is 56.3 Å². The third-order valence-corrected chi connectivity index (χ3v) is 4.53. The van der Waals surface area contributed by atoms with Crippen molar-refractivity contribution in [2.24, 2.45) is 0 Å². The number of rotatable bonds is 10. The van der Waals surface area contributed by atoms with E-state index in [-0.39, 0.29) is 0 Å². The molecule has 0 aliphatic carbocycles. The first-order chi connectivity index (χ1) is 12.9. The summed E-state index contributed by atoms with van der Waals surface area (Å²) < 4.78 is 0. The molecule has 0 aliphatic heterocycles. The Kier molecular flexibility index (Phi) is 7.85. The highest BCUT2D eigenvalue weighted by molar-refractivity contribution is 5.64. The number of nitrogens with zero attached hydrogens (tertiary/aromatic N) is 4. The zero-order valence-corrected chi connectivity index (χ0v) is 17.6. The second-order valence-electron chi connectivity index (χ2n) is 7.10. The van der Waals surface area contributed by atoms with Crippen LogP contribution in [0.3, 0.4) is 0 Å². The summed E-state index contributed by atoms with van der Waals surface area (Å²) in [6.07, 6.45) is 1.07. The molecular weight excluding hydrogens is 336 g/mol. The van der Waals surface area contributed by atoms with Crippen molar-refractivity contribution in [2.75, 3.05) is 55.8 Å². The van der Waals surface area contributed by atoms with Gasteiger partial charge in [0, 0.05) is 42.8 Å². The van der Waals surface area contributed by atoms with Crippen molar-refractivity contribution < 1.29 is 0 Å². The number of aryl methyl sites for hydroxylation is 2. The SMILES string of the molecule is CCN(CC)c1ccc(Nc2nc(C)cc(NCCCN(C)C)n2)c(C)c1. The summed E-state index contributed by atoms with van der Waals surface area (Å²) in [6, 6.07) is 8.46. The minimum atomic E-state index is 0.629. The molecule has 0 saturated heterocycles. The van der Waals surface area contributed by atoms with Gasteiger partial charge in [-0.15, -0.1) is 0 Å². The summed E-state index contributed by atoms with van der Waals surface area (Å²) in [7, 11) is 4.18. The van der Waals surface area contributed by atoms with Crippen LogP contribution in [0.1, 0.15) is 31.5 Å². The van der Waals surface area contributed by atoms with Crippen LogP contribution in [0.5, 0.6) is 0 Å². The van der Waals surface area contributed by atoms with Gasteiger partial charge in [-0.2, -0.15) is 4.98 Å². The second-order valence-corrected chi connectivity index (χ2v) is 7.10. The summed E-state index contributed by atoms with van der Waals surface area (Å²) in [5, 5.41) is 6.77. The quantitative estimate of drug-likeness (QED) is 0.616. The molecule has 2 N–H and O–H groups in total. The normalized spacial score (nSPS) is 10.9. The van der Waals surface area contributed by atoms with Crippen LogP contribution < -0.4 is 15.5 Å². The third kappa shape index (κ3) is 6.40. The van der Waals surface area contributed by atoms with Crippen molar-refractivity contribution in [3.8, 4) is 0 Å². The number of aromatic nitrogens is 2. The van der Waals surface area contributed by atoms with E-state index in [1.54, 1.807) is 0 Å². The van der Waals surface area contributed by atoms with Gasteiger partial charge in [0.2, 0.25) is 5.95 Å². The van der Waals surface area contributed by atoms with Crippen LogP contribution in [-0.2, 0) is 0 Å². The predicted molar refractivity (Wildman–Crippen MR) is 116 cm³/mol. The average molecular weight is 371 g/mol. The second kappa shape index (κ2) is 10.1. The van der Waals surface area contributed by atoms with Crippen LogP contribution in [0, 0.1) is 13.8 Å². The van der Waals surface area contributed by atoms with E-state index in [0.717, 1.165) is 49.8 Å². The van der Waals surface area contributed by atoms with Crippen molar-refractivity contribution in [1.29, 1.82) is 0 Å². The van der Waals surface area contributed by atoms with Crippen molar-refractivity contribution in [3.63, 3.8) is 0 Å². The molecule has 1 aromatic heterocycles. The molecule has 6 nitrogen and oxygen atoms in total. The highest BCUT2D eigenvalue weighted by Crippen LogP contribution is 2.25. The average Bonchev–Trinajstić information content (AvgIpc) is 2.61. The van der Waals surface area contributed by atoms with E-state index < -0.39 is 0 Å². The molecule has 1 aromatic carbocycles. The van der Waals surface area contributed by atoms with E-state index in [9.17, 15) is 0 Å². The maximum absolute atomic E-state index is 4.62. The van der Waals surface area contributed by atoms with Gasteiger partial charge in [-0.25, -0.2) is 4.98 Å². The zero-order chi connectivity index (χ0) is 19.8. The van der Waals surface area contributed by atoms with Gasteiger partial charge in [-0.1, -0.05) is 0 Å².